The standard InChI is InChI=1S/C15H17ClN2/c1-3-11-4-6-12(7-5-11)18-15-9-13(16)14(17)8-10(15)2/h4-9,18H,3,17H2,1-2H3. The molecular formula is C15H17ClN2. The first-order valence-electron chi connectivity index (χ1n) is 6.01. The van der Waals surface area contributed by atoms with Crippen molar-refractivity contribution in [3.63, 3.8) is 0 Å². The third-order valence-electron chi connectivity index (χ3n) is 2.98. The van der Waals surface area contributed by atoms with Crippen LogP contribution in [0.15, 0.2) is 36.4 Å². The average molecular weight is 261 g/mol. The van der Waals surface area contributed by atoms with E-state index >= 15 is 0 Å². The van der Waals surface area contributed by atoms with Crippen LogP contribution in [-0.4, -0.2) is 0 Å². The molecule has 3 heteroatoms. The Hall–Kier alpha value is -1.67. The Morgan fingerprint density at radius 3 is 2.44 bits per heavy atom. The maximum absolute atomic E-state index is 6.03. The van der Waals surface area contributed by atoms with E-state index in [1.807, 2.05) is 19.1 Å². The van der Waals surface area contributed by atoms with Crippen molar-refractivity contribution in [3.05, 3.63) is 52.5 Å². The van der Waals surface area contributed by atoms with Gasteiger partial charge in [-0.05, 0) is 48.7 Å². The Balaban J connectivity index is 2.25. The van der Waals surface area contributed by atoms with E-state index in [1.54, 1.807) is 0 Å². The molecule has 0 saturated heterocycles. The minimum absolute atomic E-state index is 0.577. The summed E-state index contributed by atoms with van der Waals surface area (Å²) in [6.07, 6.45) is 1.05. The smallest absolute Gasteiger partial charge is 0.0656 e. The first-order valence-corrected chi connectivity index (χ1v) is 6.39. The van der Waals surface area contributed by atoms with Crippen LogP contribution in [0.25, 0.3) is 0 Å². The van der Waals surface area contributed by atoms with Crippen LogP contribution in [0.4, 0.5) is 17.1 Å². The van der Waals surface area contributed by atoms with E-state index in [9.17, 15) is 0 Å². The average Bonchev–Trinajstić information content (AvgIpc) is 2.37. The Kier molecular flexibility index (Phi) is 3.78. The molecule has 0 spiro atoms. The van der Waals surface area contributed by atoms with Gasteiger partial charge >= 0.3 is 0 Å². The molecule has 0 aliphatic rings. The molecule has 0 amide bonds. The fourth-order valence-corrected chi connectivity index (χ4v) is 1.98. The molecule has 0 unspecified atom stereocenters. The van der Waals surface area contributed by atoms with Crippen LogP contribution in [0.3, 0.4) is 0 Å². The zero-order valence-electron chi connectivity index (χ0n) is 10.6. The molecule has 0 radical (unpaired) electrons. The van der Waals surface area contributed by atoms with Gasteiger partial charge < -0.3 is 11.1 Å². The van der Waals surface area contributed by atoms with Gasteiger partial charge in [-0.1, -0.05) is 30.7 Å². The highest BCUT2D eigenvalue weighted by Gasteiger charge is 2.04. The van der Waals surface area contributed by atoms with Gasteiger partial charge in [-0.2, -0.15) is 0 Å². The van der Waals surface area contributed by atoms with Crippen LogP contribution < -0.4 is 11.1 Å². The van der Waals surface area contributed by atoms with Gasteiger partial charge in [0.1, 0.15) is 0 Å². The molecule has 0 atom stereocenters. The van der Waals surface area contributed by atoms with Crippen LogP contribution in [0.2, 0.25) is 5.02 Å². The SMILES string of the molecule is CCc1ccc(Nc2cc(Cl)c(N)cc2C)cc1. The number of hydrogen-bond donors (Lipinski definition) is 2. The summed E-state index contributed by atoms with van der Waals surface area (Å²) in [5.41, 5.74) is 10.8. The van der Waals surface area contributed by atoms with Gasteiger partial charge in [0.05, 0.1) is 10.7 Å². The first kappa shape index (κ1) is 12.8. The summed E-state index contributed by atoms with van der Waals surface area (Å²) in [4.78, 5) is 0. The number of benzene rings is 2. The normalized spacial score (nSPS) is 10.4. The molecule has 2 aromatic carbocycles. The molecule has 0 fully saturated rings. The number of nitrogens with two attached hydrogens (primary N) is 1. The second kappa shape index (κ2) is 5.32. The van der Waals surface area contributed by atoms with E-state index in [1.165, 1.54) is 5.56 Å². The minimum Gasteiger partial charge on any atom is -0.398 e. The summed E-state index contributed by atoms with van der Waals surface area (Å²) in [7, 11) is 0. The quantitative estimate of drug-likeness (QED) is 0.796. The number of aryl methyl sites for hydroxylation is 2. The summed E-state index contributed by atoms with van der Waals surface area (Å²) in [5.74, 6) is 0. The van der Waals surface area contributed by atoms with E-state index < -0.39 is 0 Å². The van der Waals surface area contributed by atoms with Gasteiger partial charge in [-0.15, -0.1) is 0 Å². The van der Waals surface area contributed by atoms with Gasteiger partial charge in [0.2, 0.25) is 0 Å². The predicted octanol–water partition coefficient (Wildman–Crippen LogP) is 4.54. The highest BCUT2D eigenvalue weighted by Crippen LogP contribution is 2.29. The Bertz CT molecular complexity index is 547. The summed E-state index contributed by atoms with van der Waals surface area (Å²) < 4.78 is 0. The Labute approximate surface area is 113 Å². The van der Waals surface area contributed by atoms with E-state index in [0.29, 0.717) is 10.7 Å². The lowest BCUT2D eigenvalue weighted by atomic mass is 10.1. The second-order valence-electron chi connectivity index (χ2n) is 4.36. The summed E-state index contributed by atoms with van der Waals surface area (Å²) in [6, 6.07) is 12.1. The van der Waals surface area contributed by atoms with E-state index in [2.05, 4.69) is 36.5 Å². The molecule has 0 aromatic heterocycles. The molecule has 2 rings (SSSR count). The van der Waals surface area contributed by atoms with Crippen molar-refractivity contribution in [1.29, 1.82) is 0 Å². The lowest BCUT2D eigenvalue weighted by molar-refractivity contribution is 1.14. The Morgan fingerprint density at radius 1 is 1.17 bits per heavy atom. The van der Waals surface area contributed by atoms with Crippen molar-refractivity contribution >= 4 is 28.7 Å². The van der Waals surface area contributed by atoms with Crippen LogP contribution in [0, 0.1) is 6.92 Å². The second-order valence-corrected chi connectivity index (χ2v) is 4.77. The number of nitrogen functional groups attached to an aromatic ring is 1. The van der Waals surface area contributed by atoms with Crippen molar-refractivity contribution in [2.24, 2.45) is 0 Å². The Morgan fingerprint density at radius 2 is 1.83 bits per heavy atom. The van der Waals surface area contributed by atoms with Crippen LogP contribution in [0.1, 0.15) is 18.1 Å². The number of hydrogen-bond acceptors (Lipinski definition) is 2. The molecule has 0 saturated carbocycles. The summed E-state index contributed by atoms with van der Waals surface area (Å²) in [6.45, 7) is 4.15. The van der Waals surface area contributed by atoms with Crippen LogP contribution >= 0.6 is 11.6 Å². The van der Waals surface area contributed by atoms with Crippen molar-refractivity contribution in [1.82, 2.24) is 0 Å². The van der Waals surface area contributed by atoms with Crippen molar-refractivity contribution in [3.8, 4) is 0 Å². The number of anilines is 3. The van der Waals surface area contributed by atoms with Crippen molar-refractivity contribution in [2.75, 3.05) is 11.1 Å². The zero-order chi connectivity index (χ0) is 13.1. The van der Waals surface area contributed by atoms with E-state index in [0.717, 1.165) is 23.4 Å². The minimum atomic E-state index is 0.577. The molecule has 2 nitrogen and oxygen atoms in total. The van der Waals surface area contributed by atoms with Crippen molar-refractivity contribution in [2.45, 2.75) is 20.3 Å². The van der Waals surface area contributed by atoms with E-state index in [-0.39, 0.29) is 0 Å². The summed E-state index contributed by atoms with van der Waals surface area (Å²) in [5, 5.41) is 3.93. The third kappa shape index (κ3) is 2.77. The molecule has 0 aliphatic heterocycles. The fourth-order valence-electron chi connectivity index (χ4n) is 1.82. The zero-order valence-corrected chi connectivity index (χ0v) is 11.4. The monoisotopic (exact) mass is 260 g/mol. The van der Waals surface area contributed by atoms with Crippen LogP contribution in [-0.2, 0) is 6.42 Å². The summed E-state index contributed by atoms with van der Waals surface area (Å²) >= 11 is 6.03. The maximum atomic E-state index is 6.03. The predicted molar refractivity (Wildman–Crippen MR) is 79.7 cm³/mol. The van der Waals surface area contributed by atoms with Gasteiger partial charge in [0.15, 0.2) is 0 Å². The van der Waals surface area contributed by atoms with Gasteiger partial charge in [-0.3, -0.25) is 0 Å². The number of nitrogens with one attached hydrogen (secondary N) is 1. The molecule has 2 aromatic rings. The van der Waals surface area contributed by atoms with E-state index in [4.69, 9.17) is 17.3 Å². The fraction of sp³-hybridized carbons (Fsp3) is 0.200. The molecule has 0 aliphatic carbocycles. The van der Waals surface area contributed by atoms with Gasteiger partial charge in [0, 0.05) is 11.4 Å². The van der Waals surface area contributed by atoms with Crippen LogP contribution in [0.5, 0.6) is 0 Å². The highest BCUT2D eigenvalue weighted by molar-refractivity contribution is 6.33. The largest absolute Gasteiger partial charge is 0.398 e. The van der Waals surface area contributed by atoms with Gasteiger partial charge in [0.25, 0.3) is 0 Å². The topological polar surface area (TPSA) is 38.0 Å². The molecule has 94 valence electrons. The molecule has 0 bridgehead atoms. The number of halogens is 1. The molecule has 3 N–H and O–H groups in total. The van der Waals surface area contributed by atoms with Crippen molar-refractivity contribution < 1.29 is 0 Å². The molecule has 18 heavy (non-hydrogen) atoms. The highest BCUT2D eigenvalue weighted by atomic mass is 35.5. The molecule has 0 heterocycles. The maximum Gasteiger partial charge on any atom is 0.0656 e. The molecular weight excluding hydrogens is 244 g/mol. The number of rotatable bonds is 3. The lowest BCUT2D eigenvalue weighted by Crippen LogP contribution is -1.96. The lowest BCUT2D eigenvalue weighted by Gasteiger charge is -2.12. The third-order valence-corrected chi connectivity index (χ3v) is 3.31. The first-order chi connectivity index (χ1) is 8.60. The van der Waals surface area contributed by atoms with Gasteiger partial charge in [-0.25, -0.2) is 0 Å².